The number of nitrogens with one attached hydrogen (secondary N) is 1. The molecular formula is C29H26BFN2O6. The Kier molecular flexibility index (Phi) is 6.36. The van der Waals surface area contributed by atoms with Crippen molar-refractivity contribution < 1.29 is 33.2 Å². The van der Waals surface area contributed by atoms with Crippen molar-refractivity contribution >= 4 is 41.2 Å². The highest BCUT2D eigenvalue weighted by Crippen LogP contribution is 2.49. The minimum absolute atomic E-state index is 0.216. The van der Waals surface area contributed by atoms with E-state index in [9.17, 15) is 24.0 Å². The van der Waals surface area contributed by atoms with Crippen LogP contribution in [0.1, 0.15) is 52.7 Å². The fourth-order valence-electron chi connectivity index (χ4n) is 5.29. The topological polar surface area (TPSA) is 112 Å². The predicted molar refractivity (Wildman–Crippen MR) is 144 cm³/mol. The summed E-state index contributed by atoms with van der Waals surface area (Å²) < 4.78 is 25.3. The lowest BCUT2D eigenvalue weighted by molar-refractivity contribution is 0.0964. The number of fused-ring (bicyclic) bond motifs is 1. The van der Waals surface area contributed by atoms with Crippen molar-refractivity contribution in [1.29, 1.82) is 0 Å². The van der Waals surface area contributed by atoms with Crippen molar-refractivity contribution in [2.24, 2.45) is 0 Å². The first-order valence-electron chi connectivity index (χ1n) is 12.9. The molecule has 4 aromatic rings. The summed E-state index contributed by atoms with van der Waals surface area (Å²) >= 11 is 0. The first kappa shape index (κ1) is 25.2. The van der Waals surface area contributed by atoms with Gasteiger partial charge in [0.1, 0.15) is 17.2 Å². The third-order valence-electron chi connectivity index (χ3n) is 7.42. The number of rotatable bonds is 6. The summed E-state index contributed by atoms with van der Waals surface area (Å²) in [6.07, 6.45) is 1.95. The number of carbonyl (C=O) groups excluding carboxylic acids is 2. The molecule has 8 nitrogen and oxygen atoms in total. The normalized spacial score (nSPS) is 17.3. The molecule has 1 atom stereocenters. The number of ether oxygens (including phenoxy) is 1. The Labute approximate surface area is 224 Å². The summed E-state index contributed by atoms with van der Waals surface area (Å²) in [7, 11) is -0.0413. The van der Waals surface area contributed by atoms with Gasteiger partial charge in [0.2, 0.25) is 0 Å². The number of amides is 2. The SMILES string of the molecule is CNC(=O)c1c(-c2ccc(F)cc2)oc2cc(N3C(=O)OCCC3c3ccc(B(O)O)cc3)c(C3CC3)cc12. The van der Waals surface area contributed by atoms with Crippen LogP contribution in [-0.4, -0.2) is 42.8 Å². The van der Waals surface area contributed by atoms with Gasteiger partial charge in [-0.1, -0.05) is 24.3 Å². The van der Waals surface area contributed by atoms with Gasteiger partial charge < -0.3 is 24.5 Å². The van der Waals surface area contributed by atoms with E-state index in [2.05, 4.69) is 5.32 Å². The maximum absolute atomic E-state index is 13.6. The molecule has 1 saturated carbocycles. The van der Waals surface area contributed by atoms with E-state index >= 15 is 0 Å². The Morgan fingerprint density at radius 3 is 2.41 bits per heavy atom. The van der Waals surface area contributed by atoms with E-state index in [0.717, 1.165) is 24.0 Å². The molecule has 3 N–H and O–H groups in total. The summed E-state index contributed by atoms with van der Waals surface area (Å²) in [6, 6.07) is 15.9. The molecule has 1 unspecified atom stereocenters. The highest BCUT2D eigenvalue weighted by Gasteiger charge is 2.38. The van der Waals surface area contributed by atoms with E-state index in [4.69, 9.17) is 9.15 Å². The van der Waals surface area contributed by atoms with Crippen LogP contribution in [0.2, 0.25) is 0 Å². The third kappa shape index (κ3) is 4.55. The molecule has 0 bridgehead atoms. The van der Waals surface area contributed by atoms with Crippen LogP contribution >= 0.6 is 0 Å². The fraction of sp³-hybridized carbons (Fsp3) is 0.241. The Morgan fingerprint density at radius 2 is 1.77 bits per heavy atom. The average Bonchev–Trinajstić information content (AvgIpc) is 3.72. The number of nitrogens with zero attached hydrogens (tertiary/aromatic N) is 1. The summed E-state index contributed by atoms with van der Waals surface area (Å²) in [6.45, 7) is 0.252. The van der Waals surface area contributed by atoms with Gasteiger partial charge in [0.25, 0.3) is 5.91 Å². The Bertz CT molecular complexity index is 1560. The lowest BCUT2D eigenvalue weighted by atomic mass is 9.79. The largest absolute Gasteiger partial charge is 0.488 e. The Balaban J connectivity index is 1.52. The van der Waals surface area contributed by atoms with Crippen molar-refractivity contribution in [2.45, 2.75) is 31.2 Å². The van der Waals surface area contributed by atoms with Gasteiger partial charge in [-0.05, 0) is 65.7 Å². The van der Waals surface area contributed by atoms with Crippen LogP contribution in [0.15, 0.2) is 65.1 Å². The summed E-state index contributed by atoms with van der Waals surface area (Å²) in [5.74, 6) is -0.192. The molecule has 1 aromatic heterocycles. The number of carbonyl (C=O) groups is 2. The smallest absolute Gasteiger partial charge is 0.455 e. The first-order chi connectivity index (χ1) is 18.9. The fourth-order valence-corrected chi connectivity index (χ4v) is 5.29. The molecule has 6 rings (SSSR count). The molecule has 1 saturated heterocycles. The minimum Gasteiger partial charge on any atom is -0.455 e. The van der Waals surface area contributed by atoms with Gasteiger partial charge in [0.15, 0.2) is 0 Å². The van der Waals surface area contributed by atoms with Gasteiger partial charge in [0.05, 0.1) is 23.9 Å². The van der Waals surface area contributed by atoms with Crippen LogP contribution in [0.4, 0.5) is 14.9 Å². The number of halogens is 1. The summed E-state index contributed by atoms with van der Waals surface area (Å²) in [5.41, 5.74) is 4.08. The van der Waals surface area contributed by atoms with Gasteiger partial charge >= 0.3 is 13.2 Å². The zero-order chi connectivity index (χ0) is 27.3. The number of furan rings is 1. The van der Waals surface area contributed by atoms with Gasteiger partial charge in [-0.15, -0.1) is 0 Å². The zero-order valence-corrected chi connectivity index (χ0v) is 21.2. The second kappa shape index (κ2) is 9.87. The maximum atomic E-state index is 13.6. The van der Waals surface area contributed by atoms with Crippen LogP contribution in [0.3, 0.4) is 0 Å². The van der Waals surface area contributed by atoms with Gasteiger partial charge in [0, 0.05) is 30.5 Å². The number of hydrogen-bond donors (Lipinski definition) is 3. The first-order valence-corrected chi connectivity index (χ1v) is 12.9. The van der Waals surface area contributed by atoms with Crippen LogP contribution < -0.4 is 15.7 Å². The highest BCUT2D eigenvalue weighted by molar-refractivity contribution is 6.58. The van der Waals surface area contributed by atoms with Gasteiger partial charge in [-0.25, -0.2) is 9.18 Å². The molecule has 2 amide bonds. The molecule has 2 aliphatic rings. The minimum atomic E-state index is -1.58. The van der Waals surface area contributed by atoms with Gasteiger partial charge in [-0.2, -0.15) is 0 Å². The molecule has 3 aromatic carbocycles. The third-order valence-corrected chi connectivity index (χ3v) is 7.42. The zero-order valence-electron chi connectivity index (χ0n) is 21.2. The van der Waals surface area contributed by atoms with Crippen molar-refractivity contribution in [3.8, 4) is 11.3 Å². The van der Waals surface area contributed by atoms with Crippen LogP contribution in [0, 0.1) is 5.82 Å². The molecule has 2 heterocycles. The molecule has 2 fully saturated rings. The van der Waals surface area contributed by atoms with E-state index in [0.29, 0.717) is 45.4 Å². The van der Waals surface area contributed by atoms with E-state index < -0.39 is 19.0 Å². The van der Waals surface area contributed by atoms with E-state index in [-0.39, 0.29) is 24.5 Å². The number of cyclic esters (lactones) is 1. The Morgan fingerprint density at radius 1 is 1.05 bits per heavy atom. The van der Waals surface area contributed by atoms with E-state index in [1.54, 1.807) is 54.4 Å². The lowest BCUT2D eigenvalue weighted by Gasteiger charge is -2.36. The molecule has 39 heavy (non-hydrogen) atoms. The molecule has 198 valence electrons. The quantitative estimate of drug-likeness (QED) is 0.323. The maximum Gasteiger partial charge on any atom is 0.488 e. The van der Waals surface area contributed by atoms with Crippen LogP contribution in [-0.2, 0) is 4.74 Å². The summed E-state index contributed by atoms with van der Waals surface area (Å²) in [5, 5.41) is 22.3. The lowest BCUT2D eigenvalue weighted by Crippen LogP contribution is -2.41. The number of hydrogen-bond acceptors (Lipinski definition) is 6. The molecule has 10 heteroatoms. The van der Waals surface area contributed by atoms with Crippen molar-refractivity contribution in [3.05, 3.63) is 83.2 Å². The van der Waals surface area contributed by atoms with Gasteiger partial charge in [-0.3, -0.25) is 9.69 Å². The van der Waals surface area contributed by atoms with E-state index in [1.807, 2.05) is 6.07 Å². The predicted octanol–water partition coefficient (Wildman–Crippen LogP) is 4.24. The summed E-state index contributed by atoms with van der Waals surface area (Å²) in [4.78, 5) is 27.9. The standard InChI is InChI=1S/C29H26BFN2O6/c1-32-28(34)26-22-14-21(16-2-3-16)24(15-25(22)39-27(26)18-6-10-20(31)11-7-18)33-23(12-13-38-29(33)35)17-4-8-19(9-5-17)30(36)37/h4-11,14-16,23,36-37H,2-3,12-13H2,1H3,(H,32,34). The molecule has 0 radical (unpaired) electrons. The van der Waals surface area contributed by atoms with Crippen LogP contribution in [0.5, 0.6) is 0 Å². The Hall–Kier alpha value is -4.15. The van der Waals surface area contributed by atoms with Crippen molar-refractivity contribution in [1.82, 2.24) is 5.32 Å². The average molecular weight is 528 g/mol. The highest BCUT2D eigenvalue weighted by atomic mass is 19.1. The number of benzene rings is 3. The second-order valence-electron chi connectivity index (χ2n) is 9.90. The van der Waals surface area contributed by atoms with Crippen molar-refractivity contribution in [3.63, 3.8) is 0 Å². The van der Waals surface area contributed by atoms with Crippen molar-refractivity contribution in [2.75, 3.05) is 18.6 Å². The molecular weight excluding hydrogens is 502 g/mol. The van der Waals surface area contributed by atoms with E-state index in [1.165, 1.54) is 12.1 Å². The molecule has 0 spiro atoms. The molecule has 1 aliphatic heterocycles. The second-order valence-corrected chi connectivity index (χ2v) is 9.90. The van der Waals surface area contributed by atoms with Crippen LogP contribution in [0.25, 0.3) is 22.3 Å². The monoisotopic (exact) mass is 528 g/mol. The number of anilines is 1. The molecule has 1 aliphatic carbocycles.